The van der Waals surface area contributed by atoms with Gasteiger partial charge in [0.2, 0.25) is 0 Å². The maximum absolute atomic E-state index is 11.6. The Kier molecular flexibility index (Phi) is 5.50. The summed E-state index contributed by atoms with van der Waals surface area (Å²) in [4.78, 5) is 22.1. The second-order valence-electron chi connectivity index (χ2n) is 8.61. The molecule has 5 rings (SSSR count). The van der Waals surface area contributed by atoms with E-state index in [1.54, 1.807) is 0 Å². The zero-order chi connectivity index (χ0) is 22.1. The number of benzene rings is 3. The second kappa shape index (κ2) is 8.60. The smallest absolute Gasteiger partial charge is 0.320 e. The van der Waals surface area contributed by atoms with Crippen LogP contribution in [0.4, 0.5) is 0 Å². The first-order chi connectivity index (χ1) is 15.6. The molecule has 1 aliphatic heterocycles. The van der Waals surface area contributed by atoms with Crippen LogP contribution in [0.25, 0.3) is 33.5 Å². The van der Waals surface area contributed by atoms with Gasteiger partial charge in [-0.05, 0) is 60.7 Å². The van der Waals surface area contributed by atoms with Crippen LogP contribution in [0.2, 0.25) is 0 Å². The number of aliphatic carboxylic acids is 1. The van der Waals surface area contributed by atoms with E-state index in [9.17, 15) is 9.90 Å². The third-order valence-electron chi connectivity index (χ3n) is 6.48. The van der Waals surface area contributed by atoms with E-state index in [0.29, 0.717) is 6.54 Å². The number of hydrogen-bond donors (Lipinski definition) is 2. The molecule has 4 aromatic rings. The molecule has 0 spiro atoms. The monoisotopic (exact) mass is 425 g/mol. The highest BCUT2D eigenvalue weighted by molar-refractivity contribution is 5.88. The van der Waals surface area contributed by atoms with E-state index in [4.69, 9.17) is 4.98 Å². The number of imidazole rings is 1. The molecule has 1 aromatic heterocycles. The number of aromatic amines is 1. The SMILES string of the molecule is Cc1c(-c2ccccc2)ccc2[nH]c(-c3cccc(CN4CCCC[C@H]4C(=O)O)c3)nc12. The number of rotatable bonds is 5. The summed E-state index contributed by atoms with van der Waals surface area (Å²) >= 11 is 0. The van der Waals surface area contributed by atoms with E-state index < -0.39 is 12.0 Å². The topological polar surface area (TPSA) is 69.2 Å². The maximum Gasteiger partial charge on any atom is 0.320 e. The molecule has 162 valence electrons. The minimum absolute atomic E-state index is 0.391. The van der Waals surface area contributed by atoms with E-state index in [1.807, 2.05) is 12.1 Å². The van der Waals surface area contributed by atoms with Crippen LogP contribution in [0.1, 0.15) is 30.4 Å². The molecule has 0 unspecified atom stereocenters. The van der Waals surface area contributed by atoms with Gasteiger partial charge < -0.3 is 10.1 Å². The molecular formula is C27H27N3O2. The normalized spacial score (nSPS) is 17.0. The van der Waals surface area contributed by atoms with Crippen molar-refractivity contribution in [2.45, 2.75) is 38.8 Å². The molecule has 3 aromatic carbocycles. The second-order valence-corrected chi connectivity index (χ2v) is 8.61. The number of hydrogen-bond acceptors (Lipinski definition) is 3. The largest absolute Gasteiger partial charge is 0.480 e. The van der Waals surface area contributed by atoms with Crippen LogP contribution in [-0.4, -0.2) is 38.5 Å². The van der Waals surface area contributed by atoms with Crippen LogP contribution >= 0.6 is 0 Å². The summed E-state index contributed by atoms with van der Waals surface area (Å²) in [5.41, 5.74) is 7.66. The molecule has 0 amide bonds. The van der Waals surface area contributed by atoms with Gasteiger partial charge in [-0.1, -0.05) is 61.0 Å². The van der Waals surface area contributed by atoms with Crippen molar-refractivity contribution in [2.75, 3.05) is 6.54 Å². The number of carboxylic acids is 1. The minimum Gasteiger partial charge on any atom is -0.480 e. The number of likely N-dealkylation sites (tertiary alicyclic amines) is 1. The standard InChI is InChI=1S/C27H27N3O2/c1-18-22(20-9-3-2-4-10-20)13-14-23-25(18)29-26(28-23)21-11-7-8-19(16-21)17-30-15-6-5-12-24(30)27(31)32/h2-4,7-11,13-14,16,24H,5-6,12,15,17H2,1H3,(H,28,29)(H,31,32)/t24-/m0/s1. The Morgan fingerprint density at radius 2 is 1.88 bits per heavy atom. The Bertz CT molecular complexity index is 1260. The Labute approximate surface area is 187 Å². The number of nitrogens with zero attached hydrogens (tertiary/aromatic N) is 2. The van der Waals surface area contributed by atoms with Crippen LogP contribution in [0.15, 0.2) is 66.7 Å². The molecule has 1 fully saturated rings. The van der Waals surface area contributed by atoms with Crippen LogP contribution in [0.5, 0.6) is 0 Å². The van der Waals surface area contributed by atoms with E-state index in [0.717, 1.165) is 59.4 Å². The van der Waals surface area contributed by atoms with Crippen LogP contribution in [0.3, 0.4) is 0 Å². The number of carboxylic acid groups (broad SMARTS) is 1. The van der Waals surface area contributed by atoms with Gasteiger partial charge >= 0.3 is 5.97 Å². The molecule has 2 N–H and O–H groups in total. The first-order valence-corrected chi connectivity index (χ1v) is 11.2. The number of aromatic nitrogens is 2. The summed E-state index contributed by atoms with van der Waals surface area (Å²) in [5.74, 6) is 0.117. The summed E-state index contributed by atoms with van der Waals surface area (Å²) in [6.45, 7) is 3.59. The summed E-state index contributed by atoms with van der Waals surface area (Å²) in [5, 5.41) is 9.57. The lowest BCUT2D eigenvalue weighted by atomic mass is 9.99. The van der Waals surface area contributed by atoms with Gasteiger partial charge in [-0.25, -0.2) is 4.98 Å². The van der Waals surface area contributed by atoms with Crippen molar-refractivity contribution in [2.24, 2.45) is 0 Å². The van der Waals surface area contributed by atoms with Crippen molar-refractivity contribution in [3.8, 4) is 22.5 Å². The summed E-state index contributed by atoms with van der Waals surface area (Å²) < 4.78 is 0. The summed E-state index contributed by atoms with van der Waals surface area (Å²) in [6, 6.07) is 22.5. The number of fused-ring (bicyclic) bond motifs is 1. The fourth-order valence-corrected chi connectivity index (χ4v) is 4.79. The minimum atomic E-state index is -0.720. The number of H-pyrrole nitrogens is 1. The van der Waals surface area contributed by atoms with Gasteiger partial charge in [0.15, 0.2) is 0 Å². The van der Waals surface area contributed by atoms with Gasteiger partial charge in [-0.3, -0.25) is 9.69 Å². The molecule has 32 heavy (non-hydrogen) atoms. The summed E-state index contributed by atoms with van der Waals surface area (Å²) in [7, 11) is 0. The molecule has 5 heteroatoms. The Balaban J connectivity index is 1.45. The lowest BCUT2D eigenvalue weighted by Gasteiger charge is -2.32. The predicted octanol–water partition coefficient (Wildman–Crippen LogP) is 5.64. The maximum atomic E-state index is 11.6. The highest BCUT2D eigenvalue weighted by atomic mass is 16.4. The average Bonchev–Trinajstić information content (AvgIpc) is 3.26. The highest BCUT2D eigenvalue weighted by Crippen LogP contribution is 2.31. The van der Waals surface area contributed by atoms with Gasteiger partial charge in [0, 0.05) is 12.1 Å². The number of piperidine rings is 1. The van der Waals surface area contributed by atoms with Crippen molar-refractivity contribution in [1.82, 2.24) is 14.9 Å². The molecular weight excluding hydrogens is 398 g/mol. The lowest BCUT2D eigenvalue weighted by molar-refractivity contribution is -0.144. The summed E-state index contributed by atoms with van der Waals surface area (Å²) in [6.07, 6.45) is 2.76. The van der Waals surface area contributed by atoms with Gasteiger partial charge in [-0.15, -0.1) is 0 Å². The first kappa shape index (κ1) is 20.5. The number of nitrogens with one attached hydrogen (secondary N) is 1. The van der Waals surface area contributed by atoms with Crippen molar-refractivity contribution in [3.05, 3.63) is 77.9 Å². The molecule has 0 radical (unpaired) electrons. The predicted molar refractivity (Wildman–Crippen MR) is 127 cm³/mol. The van der Waals surface area contributed by atoms with E-state index in [2.05, 4.69) is 71.4 Å². The molecule has 2 heterocycles. The zero-order valence-corrected chi connectivity index (χ0v) is 18.2. The molecule has 0 bridgehead atoms. The average molecular weight is 426 g/mol. The van der Waals surface area contributed by atoms with E-state index >= 15 is 0 Å². The van der Waals surface area contributed by atoms with Crippen molar-refractivity contribution < 1.29 is 9.90 Å². The number of carbonyl (C=O) groups is 1. The number of aryl methyl sites for hydroxylation is 1. The van der Waals surface area contributed by atoms with Crippen LogP contribution in [-0.2, 0) is 11.3 Å². The van der Waals surface area contributed by atoms with Crippen molar-refractivity contribution in [3.63, 3.8) is 0 Å². The fraction of sp³-hybridized carbons (Fsp3) is 0.259. The van der Waals surface area contributed by atoms with Crippen molar-refractivity contribution >= 4 is 17.0 Å². The van der Waals surface area contributed by atoms with E-state index in [-0.39, 0.29) is 0 Å². The van der Waals surface area contributed by atoms with Gasteiger partial charge in [-0.2, -0.15) is 0 Å². The van der Waals surface area contributed by atoms with Crippen molar-refractivity contribution in [1.29, 1.82) is 0 Å². The van der Waals surface area contributed by atoms with Crippen LogP contribution in [0, 0.1) is 6.92 Å². The van der Waals surface area contributed by atoms with Gasteiger partial charge in [0.25, 0.3) is 0 Å². The lowest BCUT2D eigenvalue weighted by Crippen LogP contribution is -2.43. The Hall–Kier alpha value is -3.44. The molecule has 1 aliphatic rings. The zero-order valence-electron chi connectivity index (χ0n) is 18.2. The van der Waals surface area contributed by atoms with E-state index in [1.165, 1.54) is 11.1 Å². The van der Waals surface area contributed by atoms with Crippen LogP contribution < -0.4 is 0 Å². The first-order valence-electron chi connectivity index (χ1n) is 11.2. The van der Waals surface area contributed by atoms with Gasteiger partial charge in [0.1, 0.15) is 11.9 Å². The quantitative estimate of drug-likeness (QED) is 0.434. The molecule has 5 nitrogen and oxygen atoms in total. The molecule has 0 saturated carbocycles. The highest BCUT2D eigenvalue weighted by Gasteiger charge is 2.28. The molecule has 0 aliphatic carbocycles. The third kappa shape index (κ3) is 3.92. The van der Waals surface area contributed by atoms with Gasteiger partial charge in [0.05, 0.1) is 11.0 Å². The third-order valence-corrected chi connectivity index (χ3v) is 6.48. The Morgan fingerprint density at radius 1 is 1.06 bits per heavy atom. The Morgan fingerprint density at radius 3 is 2.69 bits per heavy atom. The fourth-order valence-electron chi connectivity index (χ4n) is 4.79. The molecule has 1 saturated heterocycles. The molecule has 1 atom stereocenters.